The Balaban J connectivity index is 1.04. The van der Waals surface area contributed by atoms with E-state index in [2.05, 4.69) is 91.0 Å². The highest BCUT2D eigenvalue weighted by Crippen LogP contribution is 2.42. The van der Waals surface area contributed by atoms with Gasteiger partial charge in [0.15, 0.2) is 23.1 Å². The van der Waals surface area contributed by atoms with Gasteiger partial charge < -0.3 is 8.83 Å². The number of hydrogen-bond donors (Lipinski definition) is 0. The van der Waals surface area contributed by atoms with Gasteiger partial charge >= 0.3 is 0 Å². The van der Waals surface area contributed by atoms with Gasteiger partial charge in [-0.1, -0.05) is 152 Å². The summed E-state index contributed by atoms with van der Waals surface area (Å²) in [6.07, 6.45) is 0. The van der Waals surface area contributed by atoms with Gasteiger partial charge in [0.05, 0.1) is 0 Å². The molecule has 0 unspecified atom stereocenters. The molecule has 3 aromatic heterocycles. The van der Waals surface area contributed by atoms with Gasteiger partial charge in [0, 0.05) is 38.6 Å². The standard InChI is InChI=1S/C52H32N4O2/c1-5-15-33(16-6-1)39-23-13-25-41(47(39)34-17-7-2-8-18-34)52-53-43-29-27-37(32-46(43)58-52)40-24-14-26-45-48(40)42-31-38(28-30-44(42)57-45)51-55-49(35-19-9-3-10-20-35)54-50(56-51)36-21-11-4-12-22-36/h1-32H. The number of furan rings is 1. The van der Waals surface area contributed by atoms with E-state index in [0.29, 0.717) is 28.9 Å². The first kappa shape index (κ1) is 33.4. The van der Waals surface area contributed by atoms with E-state index in [4.69, 9.17) is 28.8 Å². The molecule has 58 heavy (non-hydrogen) atoms. The maximum Gasteiger partial charge on any atom is 0.227 e. The number of benzene rings is 8. The zero-order chi connectivity index (χ0) is 38.4. The Labute approximate surface area is 333 Å². The lowest BCUT2D eigenvalue weighted by Gasteiger charge is -2.14. The molecule has 0 bridgehead atoms. The molecule has 0 amide bonds. The third-order valence-electron chi connectivity index (χ3n) is 10.6. The number of hydrogen-bond acceptors (Lipinski definition) is 6. The predicted molar refractivity (Wildman–Crippen MR) is 233 cm³/mol. The molecule has 0 aliphatic heterocycles. The summed E-state index contributed by atoms with van der Waals surface area (Å²) in [6, 6.07) is 65.8. The van der Waals surface area contributed by atoms with Gasteiger partial charge in [0.1, 0.15) is 16.7 Å². The summed E-state index contributed by atoms with van der Waals surface area (Å²) in [5, 5.41) is 1.97. The van der Waals surface area contributed by atoms with E-state index in [1.54, 1.807) is 0 Å². The molecule has 0 saturated heterocycles. The number of oxazole rings is 1. The van der Waals surface area contributed by atoms with E-state index in [9.17, 15) is 0 Å². The normalized spacial score (nSPS) is 11.4. The van der Waals surface area contributed by atoms with E-state index in [0.717, 1.165) is 83.1 Å². The fraction of sp³-hybridized carbons (Fsp3) is 0. The predicted octanol–water partition coefficient (Wildman–Crippen LogP) is 13.6. The van der Waals surface area contributed by atoms with Gasteiger partial charge in [-0.2, -0.15) is 0 Å². The zero-order valence-corrected chi connectivity index (χ0v) is 31.1. The average Bonchev–Trinajstić information content (AvgIpc) is 3.91. The van der Waals surface area contributed by atoms with Crippen molar-refractivity contribution in [2.45, 2.75) is 0 Å². The lowest BCUT2D eigenvalue weighted by Crippen LogP contribution is -2.00. The monoisotopic (exact) mass is 744 g/mol. The molecule has 0 aliphatic rings. The Bertz CT molecular complexity index is 3210. The molecule has 0 saturated carbocycles. The second-order valence-corrected chi connectivity index (χ2v) is 14.2. The lowest BCUT2D eigenvalue weighted by molar-refractivity contribution is 0.620. The molecule has 3 heterocycles. The minimum atomic E-state index is 0.572. The first-order valence-electron chi connectivity index (χ1n) is 19.2. The number of fused-ring (bicyclic) bond motifs is 4. The molecular formula is C52H32N4O2. The van der Waals surface area contributed by atoms with Gasteiger partial charge in [-0.15, -0.1) is 0 Å². The third kappa shape index (κ3) is 5.92. The molecule has 0 spiro atoms. The first-order chi connectivity index (χ1) is 28.7. The van der Waals surface area contributed by atoms with Crippen LogP contribution in [0.2, 0.25) is 0 Å². The van der Waals surface area contributed by atoms with E-state index < -0.39 is 0 Å². The number of rotatable bonds is 7. The van der Waals surface area contributed by atoms with Crippen LogP contribution in [0.1, 0.15) is 0 Å². The molecule has 11 rings (SSSR count). The topological polar surface area (TPSA) is 77.8 Å². The van der Waals surface area contributed by atoms with Crippen LogP contribution < -0.4 is 0 Å². The second kappa shape index (κ2) is 14.0. The summed E-state index contributed by atoms with van der Waals surface area (Å²) in [7, 11) is 0. The second-order valence-electron chi connectivity index (χ2n) is 14.2. The van der Waals surface area contributed by atoms with Crippen LogP contribution in [-0.2, 0) is 0 Å². The highest BCUT2D eigenvalue weighted by Gasteiger charge is 2.20. The Morgan fingerprint density at radius 2 is 0.862 bits per heavy atom. The van der Waals surface area contributed by atoms with Crippen LogP contribution in [0.4, 0.5) is 0 Å². The highest BCUT2D eigenvalue weighted by atomic mass is 16.3. The van der Waals surface area contributed by atoms with Gasteiger partial charge in [-0.05, 0) is 70.3 Å². The Hall–Kier alpha value is -7.96. The van der Waals surface area contributed by atoms with Crippen molar-refractivity contribution in [3.05, 3.63) is 194 Å². The Morgan fingerprint density at radius 3 is 1.53 bits per heavy atom. The van der Waals surface area contributed by atoms with Crippen LogP contribution in [0.25, 0.3) is 112 Å². The van der Waals surface area contributed by atoms with Crippen molar-refractivity contribution in [1.29, 1.82) is 0 Å². The van der Waals surface area contributed by atoms with Crippen LogP contribution in [0.3, 0.4) is 0 Å². The van der Waals surface area contributed by atoms with Crippen molar-refractivity contribution in [2.75, 3.05) is 0 Å². The molecule has 272 valence electrons. The fourth-order valence-corrected chi connectivity index (χ4v) is 7.86. The minimum absolute atomic E-state index is 0.572. The Morgan fingerprint density at radius 1 is 0.310 bits per heavy atom. The third-order valence-corrected chi connectivity index (χ3v) is 10.6. The Kier molecular flexibility index (Phi) is 8.04. The van der Waals surface area contributed by atoms with Crippen LogP contribution in [0, 0.1) is 0 Å². The van der Waals surface area contributed by atoms with Crippen molar-refractivity contribution in [3.8, 4) is 79.0 Å². The number of nitrogens with zero attached hydrogens (tertiary/aromatic N) is 4. The molecule has 0 radical (unpaired) electrons. The van der Waals surface area contributed by atoms with Gasteiger partial charge in [-0.3, -0.25) is 0 Å². The molecule has 0 atom stereocenters. The molecule has 0 N–H and O–H groups in total. The summed E-state index contributed by atoms with van der Waals surface area (Å²) in [5.74, 6) is 2.39. The highest BCUT2D eigenvalue weighted by molar-refractivity contribution is 6.13. The summed E-state index contributed by atoms with van der Waals surface area (Å²) >= 11 is 0. The molecule has 6 heteroatoms. The van der Waals surface area contributed by atoms with Crippen LogP contribution in [-0.4, -0.2) is 19.9 Å². The van der Waals surface area contributed by atoms with Crippen LogP contribution in [0.15, 0.2) is 203 Å². The lowest BCUT2D eigenvalue weighted by atomic mass is 9.90. The minimum Gasteiger partial charge on any atom is -0.456 e. The molecule has 8 aromatic carbocycles. The van der Waals surface area contributed by atoms with E-state index in [1.807, 2.05) is 103 Å². The largest absolute Gasteiger partial charge is 0.456 e. The van der Waals surface area contributed by atoms with E-state index in [1.165, 1.54) is 0 Å². The zero-order valence-electron chi connectivity index (χ0n) is 31.1. The molecule has 0 fully saturated rings. The summed E-state index contributed by atoms with van der Waals surface area (Å²) in [6.45, 7) is 0. The van der Waals surface area contributed by atoms with Crippen molar-refractivity contribution < 1.29 is 8.83 Å². The quantitative estimate of drug-likeness (QED) is 0.162. The van der Waals surface area contributed by atoms with Gasteiger partial charge in [0.25, 0.3) is 0 Å². The van der Waals surface area contributed by atoms with Crippen molar-refractivity contribution in [1.82, 2.24) is 19.9 Å². The average molecular weight is 745 g/mol. The first-order valence-corrected chi connectivity index (χ1v) is 19.2. The van der Waals surface area contributed by atoms with Gasteiger partial charge in [-0.25, -0.2) is 19.9 Å². The summed E-state index contributed by atoms with van der Waals surface area (Å²) in [4.78, 5) is 19.9. The molecular weight excluding hydrogens is 713 g/mol. The van der Waals surface area contributed by atoms with Gasteiger partial charge in [0.2, 0.25) is 5.89 Å². The van der Waals surface area contributed by atoms with Crippen molar-refractivity contribution in [2.24, 2.45) is 0 Å². The fourth-order valence-electron chi connectivity index (χ4n) is 7.86. The molecule has 11 aromatic rings. The van der Waals surface area contributed by atoms with Crippen LogP contribution >= 0.6 is 0 Å². The van der Waals surface area contributed by atoms with Crippen molar-refractivity contribution >= 4 is 33.0 Å². The summed E-state index contributed by atoms with van der Waals surface area (Å²) in [5.41, 5.74) is 13.2. The smallest absolute Gasteiger partial charge is 0.227 e. The molecule has 6 nitrogen and oxygen atoms in total. The molecule has 0 aliphatic carbocycles. The van der Waals surface area contributed by atoms with E-state index in [-0.39, 0.29) is 0 Å². The number of aromatic nitrogens is 4. The van der Waals surface area contributed by atoms with E-state index >= 15 is 0 Å². The van der Waals surface area contributed by atoms with Crippen LogP contribution in [0.5, 0.6) is 0 Å². The maximum absolute atomic E-state index is 6.67. The van der Waals surface area contributed by atoms with Crippen molar-refractivity contribution in [3.63, 3.8) is 0 Å². The SMILES string of the molecule is c1ccc(-c2nc(-c3ccccc3)nc(-c3ccc4oc5cccc(-c6ccc7nc(-c8cccc(-c9ccccc9)c8-c8ccccc8)oc7c6)c5c4c3)n2)cc1. The maximum atomic E-state index is 6.67. The summed E-state index contributed by atoms with van der Waals surface area (Å²) < 4.78 is 13.1.